The van der Waals surface area contributed by atoms with E-state index in [-0.39, 0.29) is 11.5 Å². The minimum Gasteiger partial charge on any atom is -0.367 e. The lowest BCUT2D eigenvalue weighted by Gasteiger charge is -2.36. The highest BCUT2D eigenvalue weighted by Crippen LogP contribution is 2.34. The van der Waals surface area contributed by atoms with Gasteiger partial charge in [0.15, 0.2) is 0 Å². The van der Waals surface area contributed by atoms with E-state index in [4.69, 9.17) is 11.6 Å². The van der Waals surface area contributed by atoms with Crippen molar-refractivity contribution in [3.63, 3.8) is 0 Å². The number of halogens is 1. The quantitative estimate of drug-likeness (QED) is 0.465. The van der Waals surface area contributed by atoms with Crippen LogP contribution in [0.4, 0.5) is 5.69 Å². The zero-order valence-electron chi connectivity index (χ0n) is 18.6. The molecule has 0 saturated carbocycles. The number of benzene rings is 1. The number of nitrogens with one attached hydrogen (secondary N) is 1. The van der Waals surface area contributed by atoms with Crippen molar-refractivity contribution in [1.29, 1.82) is 0 Å². The number of nitrogens with zero attached hydrogens (tertiary/aromatic N) is 4. The summed E-state index contributed by atoms with van der Waals surface area (Å²) in [5, 5.41) is 2.50. The van der Waals surface area contributed by atoms with Gasteiger partial charge in [-0.25, -0.2) is 4.98 Å². The van der Waals surface area contributed by atoms with Gasteiger partial charge in [-0.05, 0) is 49.1 Å². The highest BCUT2D eigenvalue weighted by molar-refractivity contribution is 7.18. The summed E-state index contributed by atoms with van der Waals surface area (Å²) in [6, 6.07) is 7.78. The fraction of sp³-hybridized carbons (Fsp3) is 0.360. The van der Waals surface area contributed by atoms with Crippen LogP contribution < -0.4 is 10.5 Å². The minimum atomic E-state index is -0.0636. The Bertz CT molecular complexity index is 1470. The smallest absolute Gasteiger partial charge is 0.259 e. The number of piperazine rings is 1. The molecule has 0 bridgehead atoms. The van der Waals surface area contributed by atoms with E-state index in [1.54, 1.807) is 17.5 Å². The molecular formula is C25H24ClN5O2S. The number of thiophene rings is 1. The van der Waals surface area contributed by atoms with Gasteiger partial charge in [-0.1, -0.05) is 11.6 Å². The summed E-state index contributed by atoms with van der Waals surface area (Å²) in [5.41, 5.74) is 3.11. The van der Waals surface area contributed by atoms with E-state index in [9.17, 15) is 9.59 Å². The van der Waals surface area contributed by atoms with Gasteiger partial charge >= 0.3 is 0 Å². The summed E-state index contributed by atoms with van der Waals surface area (Å²) in [4.78, 5) is 43.9. The molecule has 0 unspecified atom stereocenters. The normalized spacial score (nSPS) is 15.9. The van der Waals surface area contributed by atoms with Crippen molar-refractivity contribution in [2.45, 2.75) is 32.1 Å². The Labute approximate surface area is 205 Å². The number of aromatic amines is 1. The van der Waals surface area contributed by atoms with E-state index in [1.165, 1.54) is 10.4 Å². The number of fused-ring (bicyclic) bond motifs is 4. The first-order chi connectivity index (χ1) is 16.6. The molecule has 1 fully saturated rings. The maximum atomic E-state index is 12.9. The van der Waals surface area contributed by atoms with Gasteiger partial charge in [0.05, 0.1) is 10.9 Å². The Kier molecular flexibility index (Phi) is 5.50. The molecule has 4 heterocycles. The topological polar surface area (TPSA) is 82.2 Å². The molecule has 1 aliphatic heterocycles. The van der Waals surface area contributed by atoms with E-state index in [2.05, 4.69) is 19.9 Å². The molecule has 1 amide bonds. The van der Waals surface area contributed by atoms with Crippen LogP contribution in [0.5, 0.6) is 0 Å². The zero-order chi connectivity index (χ0) is 23.2. The summed E-state index contributed by atoms with van der Waals surface area (Å²) in [6.45, 7) is 2.85. The number of rotatable bonds is 4. The van der Waals surface area contributed by atoms with Crippen LogP contribution in [-0.4, -0.2) is 51.9 Å². The Morgan fingerprint density at radius 1 is 1.15 bits per heavy atom. The van der Waals surface area contributed by atoms with Gasteiger partial charge in [0.25, 0.3) is 5.56 Å². The number of carbonyl (C=O) groups excluding carboxylic acids is 1. The average molecular weight is 494 g/mol. The van der Waals surface area contributed by atoms with Crippen molar-refractivity contribution >= 4 is 55.7 Å². The van der Waals surface area contributed by atoms with Crippen molar-refractivity contribution in [3.05, 3.63) is 62.1 Å². The van der Waals surface area contributed by atoms with Gasteiger partial charge in [0.2, 0.25) is 5.91 Å². The standard InChI is InChI=1S/C25H24ClN5O2S/c26-15-4-5-16-18(14-15)27-9-8-19(16)30-10-12-31(13-11-30)22(32)7-6-21-28-24(33)23-17-2-1-3-20(17)34-25(23)29-21/h4-5,8-9,14H,1-3,6-7,10-13H2,(H,28,29,33). The van der Waals surface area contributed by atoms with Crippen LogP contribution >= 0.6 is 22.9 Å². The fourth-order valence-electron chi connectivity index (χ4n) is 5.13. The molecule has 1 saturated heterocycles. The second-order valence-electron chi connectivity index (χ2n) is 8.91. The summed E-state index contributed by atoms with van der Waals surface area (Å²) < 4.78 is 0. The van der Waals surface area contributed by atoms with Crippen LogP contribution in [0.1, 0.15) is 29.1 Å². The molecule has 0 atom stereocenters. The Morgan fingerprint density at radius 2 is 2.00 bits per heavy atom. The number of aryl methyl sites for hydroxylation is 3. The van der Waals surface area contributed by atoms with Crippen molar-refractivity contribution in [2.24, 2.45) is 0 Å². The molecule has 2 aliphatic rings. The molecule has 9 heteroatoms. The Morgan fingerprint density at radius 3 is 2.85 bits per heavy atom. The second-order valence-corrected chi connectivity index (χ2v) is 10.4. The van der Waals surface area contributed by atoms with Gasteiger partial charge in [-0.15, -0.1) is 11.3 Å². The van der Waals surface area contributed by atoms with Gasteiger partial charge in [-0.2, -0.15) is 0 Å². The lowest BCUT2D eigenvalue weighted by molar-refractivity contribution is -0.131. The molecule has 34 heavy (non-hydrogen) atoms. The van der Waals surface area contributed by atoms with Crippen LogP contribution in [0.15, 0.2) is 35.3 Å². The first-order valence-corrected chi connectivity index (χ1v) is 12.9. The summed E-state index contributed by atoms with van der Waals surface area (Å²) in [6.07, 6.45) is 5.72. The summed E-state index contributed by atoms with van der Waals surface area (Å²) >= 11 is 7.75. The molecule has 1 aromatic carbocycles. The highest BCUT2D eigenvalue weighted by Gasteiger charge is 2.24. The third-order valence-electron chi connectivity index (χ3n) is 6.85. The number of hydrogen-bond donors (Lipinski definition) is 1. The molecule has 0 radical (unpaired) electrons. The minimum absolute atomic E-state index is 0.0636. The van der Waals surface area contributed by atoms with Crippen LogP contribution in [0, 0.1) is 0 Å². The summed E-state index contributed by atoms with van der Waals surface area (Å²) in [5.74, 6) is 0.703. The van der Waals surface area contributed by atoms with E-state index in [1.807, 2.05) is 29.2 Å². The first kappa shape index (κ1) is 21.6. The molecule has 3 aromatic heterocycles. The number of pyridine rings is 1. The second kappa shape index (κ2) is 8.67. The summed E-state index contributed by atoms with van der Waals surface area (Å²) in [7, 11) is 0. The number of carbonyl (C=O) groups is 1. The number of amides is 1. The highest BCUT2D eigenvalue weighted by atomic mass is 35.5. The molecule has 174 valence electrons. The van der Waals surface area contributed by atoms with Crippen molar-refractivity contribution in [3.8, 4) is 0 Å². The molecule has 1 N–H and O–H groups in total. The van der Waals surface area contributed by atoms with Crippen LogP contribution in [0.25, 0.3) is 21.1 Å². The maximum absolute atomic E-state index is 12.9. The molecular weight excluding hydrogens is 470 g/mol. The van der Waals surface area contributed by atoms with Crippen LogP contribution in [0.3, 0.4) is 0 Å². The number of aromatic nitrogens is 3. The molecule has 7 nitrogen and oxygen atoms in total. The average Bonchev–Trinajstić information content (AvgIpc) is 3.43. The first-order valence-electron chi connectivity index (χ1n) is 11.7. The van der Waals surface area contributed by atoms with E-state index < -0.39 is 0 Å². The zero-order valence-corrected chi connectivity index (χ0v) is 20.2. The largest absolute Gasteiger partial charge is 0.367 e. The van der Waals surface area contributed by atoms with E-state index in [0.717, 1.165) is 59.2 Å². The van der Waals surface area contributed by atoms with Crippen molar-refractivity contribution in [1.82, 2.24) is 19.9 Å². The maximum Gasteiger partial charge on any atom is 0.259 e. The third kappa shape index (κ3) is 3.84. The van der Waals surface area contributed by atoms with Crippen LogP contribution in [-0.2, 0) is 24.1 Å². The number of anilines is 1. The monoisotopic (exact) mass is 493 g/mol. The SMILES string of the molecule is O=C(CCc1nc2sc3c(c2c(=O)[nH]1)CCC3)N1CCN(c2ccnc3cc(Cl)ccc23)CC1. The van der Waals surface area contributed by atoms with Gasteiger partial charge in [0, 0.05) is 66.2 Å². The van der Waals surface area contributed by atoms with E-state index >= 15 is 0 Å². The molecule has 1 aliphatic carbocycles. The third-order valence-corrected chi connectivity index (χ3v) is 8.28. The van der Waals surface area contributed by atoms with Crippen molar-refractivity contribution < 1.29 is 4.79 Å². The fourth-order valence-corrected chi connectivity index (χ4v) is 6.57. The molecule has 6 rings (SSSR count). The predicted molar refractivity (Wildman–Crippen MR) is 136 cm³/mol. The lowest BCUT2D eigenvalue weighted by atomic mass is 10.1. The Balaban J connectivity index is 1.10. The predicted octanol–water partition coefficient (Wildman–Crippen LogP) is 3.96. The van der Waals surface area contributed by atoms with Crippen molar-refractivity contribution in [2.75, 3.05) is 31.1 Å². The molecule has 0 spiro atoms. The number of H-pyrrole nitrogens is 1. The van der Waals surface area contributed by atoms with Gasteiger partial charge in [0.1, 0.15) is 10.7 Å². The van der Waals surface area contributed by atoms with Gasteiger partial charge < -0.3 is 14.8 Å². The van der Waals surface area contributed by atoms with Crippen LogP contribution in [0.2, 0.25) is 5.02 Å². The number of hydrogen-bond acceptors (Lipinski definition) is 6. The lowest BCUT2D eigenvalue weighted by Crippen LogP contribution is -2.49. The Hall–Kier alpha value is -2.97. The van der Waals surface area contributed by atoms with Gasteiger partial charge in [-0.3, -0.25) is 14.6 Å². The van der Waals surface area contributed by atoms with E-state index in [0.29, 0.717) is 36.8 Å². The molecule has 4 aromatic rings.